The first kappa shape index (κ1) is 16.9. The Morgan fingerprint density at radius 3 is 2.46 bits per heavy atom. The molecule has 0 spiro atoms. The summed E-state index contributed by atoms with van der Waals surface area (Å²) in [7, 11) is 1.81. The summed E-state index contributed by atoms with van der Waals surface area (Å²) in [5.74, 6) is 3.86. The zero-order valence-corrected chi connectivity index (χ0v) is 16.7. The van der Waals surface area contributed by atoms with E-state index in [4.69, 9.17) is 16.3 Å². The van der Waals surface area contributed by atoms with Gasteiger partial charge >= 0.3 is 0 Å². The Labute approximate surface area is 164 Å². The first-order valence-corrected chi connectivity index (χ1v) is 10.9. The van der Waals surface area contributed by atoms with E-state index in [1.165, 1.54) is 61.1 Å². The van der Waals surface area contributed by atoms with Crippen LogP contribution in [0.15, 0.2) is 24.4 Å². The van der Waals surface area contributed by atoms with E-state index in [1.54, 1.807) is 0 Å². The fourth-order valence-corrected chi connectivity index (χ4v) is 7.15. The fraction of sp³-hybridized carbons (Fsp3) is 0.571. The van der Waals surface area contributed by atoms with Crippen molar-refractivity contribution in [1.82, 2.24) is 4.98 Å². The Morgan fingerprint density at radius 1 is 1.19 bits per heavy atom. The van der Waals surface area contributed by atoms with Gasteiger partial charge in [0.2, 0.25) is 0 Å². The van der Waals surface area contributed by atoms with E-state index in [1.807, 2.05) is 13.3 Å². The maximum atomic E-state index is 5.95. The molecule has 6 rings (SSSR count). The van der Waals surface area contributed by atoms with Crippen LogP contribution in [0.4, 0.5) is 5.69 Å². The van der Waals surface area contributed by atoms with E-state index in [2.05, 4.69) is 28.5 Å². The summed E-state index contributed by atoms with van der Waals surface area (Å²) >= 11 is 7.48. The quantitative estimate of drug-likeness (QED) is 0.693. The van der Waals surface area contributed by atoms with Crippen LogP contribution in [0, 0.1) is 17.8 Å². The highest BCUT2D eigenvalue weighted by molar-refractivity contribution is 7.15. The van der Waals surface area contributed by atoms with Crippen molar-refractivity contribution in [3.05, 3.63) is 39.3 Å². The highest BCUT2D eigenvalue weighted by atomic mass is 35.5. The minimum absolute atomic E-state index is 0.339. The highest BCUT2D eigenvalue weighted by Crippen LogP contribution is 2.62. The Kier molecular flexibility index (Phi) is 4.17. The number of benzene rings is 1. The molecule has 1 N–H and O–H groups in total. The molecular formula is C21H25ClN2OS. The van der Waals surface area contributed by atoms with Crippen LogP contribution in [0.3, 0.4) is 0 Å². The summed E-state index contributed by atoms with van der Waals surface area (Å²) in [5.41, 5.74) is 2.94. The third-order valence-electron chi connectivity index (χ3n) is 6.80. The Hall–Kier alpha value is -1.26. The third-order valence-corrected chi connectivity index (χ3v) is 7.92. The van der Waals surface area contributed by atoms with E-state index in [0.717, 1.165) is 34.9 Å². The number of hydrogen-bond donors (Lipinski definition) is 1. The molecule has 0 atom stereocenters. The number of nitrogens with zero attached hydrogens (tertiary/aromatic N) is 1. The molecule has 0 saturated heterocycles. The van der Waals surface area contributed by atoms with Gasteiger partial charge in [-0.2, -0.15) is 0 Å². The van der Waals surface area contributed by atoms with Crippen molar-refractivity contribution in [2.75, 3.05) is 12.4 Å². The van der Waals surface area contributed by atoms with Gasteiger partial charge in [-0.25, -0.2) is 4.98 Å². The summed E-state index contributed by atoms with van der Waals surface area (Å²) < 4.78 is 6.41. The van der Waals surface area contributed by atoms with Gasteiger partial charge in [-0.3, -0.25) is 0 Å². The Morgan fingerprint density at radius 2 is 1.88 bits per heavy atom. The summed E-state index contributed by atoms with van der Waals surface area (Å²) in [6.07, 6.45) is 10.3. The molecule has 4 aliphatic rings. The number of ether oxygens (including phenoxy) is 1. The van der Waals surface area contributed by atoms with E-state index in [9.17, 15) is 0 Å². The van der Waals surface area contributed by atoms with E-state index < -0.39 is 0 Å². The minimum Gasteiger partial charge on any atom is -0.496 e. The molecule has 0 aliphatic heterocycles. The first-order valence-electron chi connectivity index (χ1n) is 9.66. The van der Waals surface area contributed by atoms with Gasteiger partial charge in [0.25, 0.3) is 0 Å². The van der Waals surface area contributed by atoms with Gasteiger partial charge in [0, 0.05) is 22.3 Å². The monoisotopic (exact) mass is 388 g/mol. The molecule has 4 aliphatic carbocycles. The predicted octanol–water partition coefficient (Wildman–Crippen LogP) is 5.89. The third kappa shape index (κ3) is 2.91. The molecule has 1 aromatic heterocycles. The largest absolute Gasteiger partial charge is 0.496 e. The lowest BCUT2D eigenvalue weighted by Gasteiger charge is -2.57. The second kappa shape index (κ2) is 6.42. The van der Waals surface area contributed by atoms with E-state index in [-0.39, 0.29) is 0 Å². The zero-order chi connectivity index (χ0) is 17.7. The van der Waals surface area contributed by atoms with Gasteiger partial charge in [0.15, 0.2) is 4.47 Å². The van der Waals surface area contributed by atoms with Gasteiger partial charge in [-0.15, -0.1) is 11.3 Å². The molecule has 26 heavy (non-hydrogen) atoms. The predicted molar refractivity (Wildman–Crippen MR) is 107 cm³/mol. The molecule has 4 saturated carbocycles. The summed E-state index contributed by atoms with van der Waals surface area (Å²) in [4.78, 5) is 5.28. The maximum Gasteiger partial charge on any atom is 0.183 e. The van der Waals surface area contributed by atoms with E-state index >= 15 is 0 Å². The zero-order valence-electron chi connectivity index (χ0n) is 15.1. The highest BCUT2D eigenvalue weighted by Gasteiger charge is 2.52. The molecule has 5 heteroatoms. The number of anilines is 1. The van der Waals surface area contributed by atoms with Crippen LogP contribution in [0.25, 0.3) is 0 Å². The van der Waals surface area contributed by atoms with E-state index in [0.29, 0.717) is 9.88 Å². The molecule has 3 nitrogen and oxygen atoms in total. The Bertz CT molecular complexity index is 783. The smallest absolute Gasteiger partial charge is 0.183 e. The average Bonchev–Trinajstić information content (AvgIpc) is 3.04. The molecule has 2 aromatic rings. The molecule has 4 bridgehead atoms. The molecule has 0 radical (unpaired) electrons. The van der Waals surface area contributed by atoms with Crippen molar-refractivity contribution in [2.45, 2.75) is 50.5 Å². The van der Waals surface area contributed by atoms with Crippen LogP contribution in [0.5, 0.6) is 5.75 Å². The molecule has 1 aromatic carbocycles. The van der Waals surface area contributed by atoms with Crippen molar-refractivity contribution in [2.24, 2.45) is 17.8 Å². The second-order valence-corrected chi connectivity index (χ2v) is 10.2. The number of aromatic nitrogens is 1. The van der Waals surface area contributed by atoms with Gasteiger partial charge in [0.05, 0.1) is 13.7 Å². The van der Waals surface area contributed by atoms with Gasteiger partial charge in [-0.1, -0.05) is 11.6 Å². The average molecular weight is 389 g/mol. The maximum absolute atomic E-state index is 5.95. The number of rotatable bonds is 5. The lowest BCUT2D eigenvalue weighted by atomic mass is 9.48. The SMILES string of the molecule is COc1ccc(NCc2cnc(Cl)s2)cc1C12CC3CC(CC(C3)C1)C2. The van der Waals surface area contributed by atoms with Crippen LogP contribution in [-0.4, -0.2) is 12.1 Å². The normalized spacial score (nSPS) is 32.0. The van der Waals surface area contributed by atoms with Crippen LogP contribution in [0.1, 0.15) is 49.0 Å². The molecule has 138 valence electrons. The summed E-state index contributed by atoms with van der Waals surface area (Å²) in [6.45, 7) is 0.761. The first-order chi connectivity index (χ1) is 12.6. The van der Waals surface area contributed by atoms with Crippen molar-refractivity contribution < 1.29 is 4.74 Å². The van der Waals surface area contributed by atoms with Crippen molar-refractivity contribution in [3.8, 4) is 5.75 Å². The van der Waals surface area contributed by atoms with Crippen LogP contribution < -0.4 is 10.1 Å². The molecular weight excluding hydrogens is 364 g/mol. The second-order valence-electron chi connectivity index (χ2n) is 8.55. The van der Waals surface area contributed by atoms with Crippen LogP contribution in [0.2, 0.25) is 4.47 Å². The van der Waals surface area contributed by atoms with Gasteiger partial charge in [-0.05, 0) is 79.9 Å². The molecule has 4 fully saturated rings. The van der Waals surface area contributed by atoms with Crippen molar-refractivity contribution in [3.63, 3.8) is 0 Å². The fourth-order valence-electron chi connectivity index (χ4n) is 6.23. The Balaban J connectivity index is 1.44. The minimum atomic E-state index is 0.339. The topological polar surface area (TPSA) is 34.1 Å². The van der Waals surface area contributed by atoms with Crippen molar-refractivity contribution >= 4 is 28.6 Å². The summed E-state index contributed by atoms with van der Waals surface area (Å²) in [6, 6.07) is 6.63. The number of methoxy groups -OCH3 is 1. The number of hydrogen-bond acceptors (Lipinski definition) is 4. The lowest BCUT2D eigenvalue weighted by molar-refractivity contribution is -0.00613. The van der Waals surface area contributed by atoms with Gasteiger partial charge < -0.3 is 10.1 Å². The number of thiazole rings is 1. The molecule has 0 amide bonds. The number of nitrogens with one attached hydrogen (secondary N) is 1. The van der Waals surface area contributed by atoms with Crippen LogP contribution in [-0.2, 0) is 12.0 Å². The van der Waals surface area contributed by atoms with Crippen LogP contribution >= 0.6 is 22.9 Å². The lowest BCUT2D eigenvalue weighted by Crippen LogP contribution is -2.48. The standard InChI is InChI=1S/C21H25ClN2OS/c1-25-19-3-2-16(23-11-17-12-24-20(22)26-17)7-18(19)21-8-13-4-14(9-21)6-15(5-13)10-21/h2-3,7,12-15,23H,4-6,8-11H2,1H3. The van der Waals surface area contributed by atoms with Crippen molar-refractivity contribution in [1.29, 1.82) is 0 Å². The summed E-state index contributed by atoms with van der Waals surface area (Å²) in [5, 5.41) is 3.55. The number of halogens is 1. The molecule has 1 heterocycles. The molecule has 0 unspecified atom stereocenters. The van der Waals surface area contributed by atoms with Gasteiger partial charge in [0.1, 0.15) is 5.75 Å².